The molecule has 128 valence electrons. The summed E-state index contributed by atoms with van der Waals surface area (Å²) in [4.78, 5) is 12.5. The molecule has 1 N–H and O–H groups in total. The van der Waals surface area contributed by atoms with Crippen LogP contribution in [0.1, 0.15) is 24.0 Å². The Balaban J connectivity index is 1.71. The number of nitrogens with one attached hydrogen (secondary N) is 1. The van der Waals surface area contributed by atoms with Crippen molar-refractivity contribution in [3.05, 3.63) is 52.9 Å². The van der Waals surface area contributed by atoms with E-state index in [1.54, 1.807) is 17.5 Å². The molecule has 0 spiro atoms. The van der Waals surface area contributed by atoms with Crippen LogP contribution in [0.4, 0.5) is 0 Å². The van der Waals surface area contributed by atoms with Crippen LogP contribution in [0, 0.1) is 6.92 Å². The molecule has 7 heteroatoms. The van der Waals surface area contributed by atoms with Crippen molar-refractivity contribution in [2.45, 2.75) is 36.6 Å². The summed E-state index contributed by atoms with van der Waals surface area (Å²) in [6.45, 7) is 2.79. The average molecular weight is 364 g/mol. The smallest absolute Gasteiger partial charge is 0.253 e. The van der Waals surface area contributed by atoms with Crippen LogP contribution in [0.3, 0.4) is 0 Å². The van der Waals surface area contributed by atoms with Crippen LogP contribution in [0.15, 0.2) is 46.0 Å². The van der Waals surface area contributed by atoms with Crippen LogP contribution >= 0.6 is 11.3 Å². The molecule has 5 nitrogen and oxygen atoms in total. The van der Waals surface area contributed by atoms with Gasteiger partial charge in [0.15, 0.2) is 0 Å². The van der Waals surface area contributed by atoms with Gasteiger partial charge in [0, 0.05) is 13.1 Å². The summed E-state index contributed by atoms with van der Waals surface area (Å²) in [6, 6.07) is 10.5. The molecule has 0 saturated carbocycles. The molecule has 1 amide bonds. The van der Waals surface area contributed by atoms with Gasteiger partial charge in [-0.1, -0.05) is 30.3 Å². The van der Waals surface area contributed by atoms with E-state index in [0.717, 1.165) is 11.1 Å². The van der Waals surface area contributed by atoms with Crippen molar-refractivity contribution in [2.75, 3.05) is 6.54 Å². The highest BCUT2D eigenvalue weighted by Gasteiger charge is 2.39. The molecule has 0 radical (unpaired) electrons. The Morgan fingerprint density at radius 3 is 2.79 bits per heavy atom. The van der Waals surface area contributed by atoms with E-state index in [4.69, 9.17) is 0 Å². The molecule has 1 aromatic heterocycles. The van der Waals surface area contributed by atoms with Crippen LogP contribution < -0.4 is 5.32 Å². The highest BCUT2D eigenvalue weighted by molar-refractivity contribution is 7.91. The maximum Gasteiger partial charge on any atom is 0.253 e. The second-order valence-electron chi connectivity index (χ2n) is 5.85. The lowest BCUT2D eigenvalue weighted by Gasteiger charge is -2.22. The highest BCUT2D eigenvalue weighted by Crippen LogP contribution is 2.28. The Kier molecular flexibility index (Phi) is 5.03. The van der Waals surface area contributed by atoms with Crippen molar-refractivity contribution >= 4 is 27.3 Å². The number of rotatable bonds is 5. The first-order valence-corrected chi connectivity index (χ1v) is 10.2. The zero-order chi connectivity index (χ0) is 17.2. The number of hydrogen-bond acceptors (Lipinski definition) is 4. The summed E-state index contributed by atoms with van der Waals surface area (Å²) in [7, 11) is -3.59. The third-order valence-electron chi connectivity index (χ3n) is 4.28. The monoisotopic (exact) mass is 364 g/mol. The predicted octanol–water partition coefficient (Wildman–Crippen LogP) is 2.53. The third-order valence-corrected chi connectivity index (χ3v) is 7.56. The number of hydrogen-bond donors (Lipinski definition) is 1. The number of aryl methyl sites for hydroxylation is 1. The van der Waals surface area contributed by atoms with Gasteiger partial charge in [-0.25, -0.2) is 8.42 Å². The van der Waals surface area contributed by atoms with Crippen LogP contribution in [0.5, 0.6) is 0 Å². The Labute approximate surface area is 146 Å². The number of sulfonamides is 1. The van der Waals surface area contributed by atoms with E-state index in [2.05, 4.69) is 5.32 Å². The topological polar surface area (TPSA) is 66.5 Å². The minimum atomic E-state index is -3.59. The lowest BCUT2D eigenvalue weighted by molar-refractivity contribution is -0.124. The molecule has 2 heterocycles. The molecule has 24 heavy (non-hydrogen) atoms. The van der Waals surface area contributed by atoms with Crippen molar-refractivity contribution < 1.29 is 13.2 Å². The molecule has 1 aliphatic rings. The summed E-state index contributed by atoms with van der Waals surface area (Å²) >= 11 is 1.18. The minimum absolute atomic E-state index is 0.226. The van der Waals surface area contributed by atoms with Gasteiger partial charge in [-0.2, -0.15) is 4.31 Å². The molecule has 3 rings (SSSR count). The van der Waals surface area contributed by atoms with Gasteiger partial charge in [0.2, 0.25) is 5.91 Å². The second kappa shape index (κ2) is 7.04. The van der Waals surface area contributed by atoms with Crippen molar-refractivity contribution in [3.63, 3.8) is 0 Å². The number of amides is 1. The summed E-state index contributed by atoms with van der Waals surface area (Å²) in [5.74, 6) is -0.226. The van der Waals surface area contributed by atoms with Gasteiger partial charge in [0.1, 0.15) is 10.3 Å². The molecule has 1 aliphatic heterocycles. The van der Waals surface area contributed by atoms with Crippen LogP contribution in [0.2, 0.25) is 0 Å². The number of benzene rings is 1. The van der Waals surface area contributed by atoms with E-state index in [0.29, 0.717) is 30.1 Å². The van der Waals surface area contributed by atoms with E-state index < -0.39 is 16.1 Å². The van der Waals surface area contributed by atoms with Gasteiger partial charge in [0.25, 0.3) is 10.0 Å². The summed E-state index contributed by atoms with van der Waals surface area (Å²) < 4.78 is 27.0. The molecule has 1 aromatic carbocycles. The van der Waals surface area contributed by atoms with E-state index in [1.165, 1.54) is 15.6 Å². The molecule has 2 aromatic rings. The van der Waals surface area contributed by atoms with Crippen LogP contribution in [-0.4, -0.2) is 31.2 Å². The maximum absolute atomic E-state index is 12.7. The number of carbonyl (C=O) groups is 1. The predicted molar refractivity (Wildman–Crippen MR) is 94.3 cm³/mol. The molecular formula is C17H20N2O3S2. The molecule has 1 fully saturated rings. The summed E-state index contributed by atoms with van der Waals surface area (Å²) in [6.07, 6.45) is 1.26. The van der Waals surface area contributed by atoms with Crippen molar-refractivity contribution in [1.29, 1.82) is 0 Å². The van der Waals surface area contributed by atoms with Gasteiger partial charge in [-0.3, -0.25) is 4.79 Å². The summed E-state index contributed by atoms with van der Waals surface area (Å²) in [5.41, 5.74) is 2.14. The minimum Gasteiger partial charge on any atom is -0.351 e. The Morgan fingerprint density at radius 2 is 2.08 bits per heavy atom. The largest absolute Gasteiger partial charge is 0.351 e. The van der Waals surface area contributed by atoms with Gasteiger partial charge >= 0.3 is 0 Å². The first kappa shape index (κ1) is 17.1. The SMILES string of the molecule is Cc1ccccc1CNC(=O)[C@@H]1CCCN1S(=O)(=O)c1cccs1. The van der Waals surface area contributed by atoms with E-state index in [9.17, 15) is 13.2 Å². The van der Waals surface area contributed by atoms with Gasteiger partial charge in [-0.15, -0.1) is 11.3 Å². The lowest BCUT2D eigenvalue weighted by Crippen LogP contribution is -2.45. The van der Waals surface area contributed by atoms with Crippen molar-refractivity contribution in [2.24, 2.45) is 0 Å². The quantitative estimate of drug-likeness (QED) is 0.886. The average Bonchev–Trinajstić information content (AvgIpc) is 3.25. The van der Waals surface area contributed by atoms with Crippen LogP contribution in [-0.2, 0) is 21.4 Å². The van der Waals surface area contributed by atoms with Crippen LogP contribution in [0.25, 0.3) is 0 Å². The Hall–Kier alpha value is -1.70. The van der Waals surface area contributed by atoms with E-state index in [1.807, 2.05) is 31.2 Å². The van der Waals surface area contributed by atoms with Gasteiger partial charge < -0.3 is 5.32 Å². The zero-order valence-corrected chi connectivity index (χ0v) is 15.1. The standard InChI is InChI=1S/C17H20N2O3S2/c1-13-6-2-3-7-14(13)12-18-17(20)15-8-4-10-19(15)24(21,22)16-9-5-11-23-16/h2-3,5-7,9,11,15H,4,8,10,12H2,1H3,(H,18,20)/t15-/m0/s1. The van der Waals surface area contributed by atoms with Crippen molar-refractivity contribution in [3.8, 4) is 0 Å². The van der Waals surface area contributed by atoms with Crippen molar-refractivity contribution in [1.82, 2.24) is 9.62 Å². The fraction of sp³-hybridized carbons (Fsp3) is 0.353. The Morgan fingerprint density at radius 1 is 1.29 bits per heavy atom. The number of thiophene rings is 1. The maximum atomic E-state index is 12.7. The van der Waals surface area contributed by atoms with E-state index >= 15 is 0 Å². The number of nitrogens with zero attached hydrogens (tertiary/aromatic N) is 1. The third kappa shape index (κ3) is 3.38. The molecule has 1 atom stereocenters. The molecule has 0 aliphatic carbocycles. The van der Waals surface area contributed by atoms with Gasteiger partial charge in [0.05, 0.1) is 0 Å². The summed E-state index contributed by atoms with van der Waals surface area (Å²) in [5, 5.41) is 4.62. The Bertz CT molecular complexity index is 816. The van der Waals surface area contributed by atoms with E-state index in [-0.39, 0.29) is 5.91 Å². The fourth-order valence-electron chi connectivity index (χ4n) is 2.92. The molecule has 1 saturated heterocycles. The lowest BCUT2D eigenvalue weighted by atomic mass is 10.1. The zero-order valence-electron chi connectivity index (χ0n) is 13.4. The molecule has 0 bridgehead atoms. The normalized spacial score (nSPS) is 18.6. The first-order chi connectivity index (χ1) is 11.5. The highest BCUT2D eigenvalue weighted by atomic mass is 32.2. The fourth-order valence-corrected chi connectivity index (χ4v) is 5.70. The molecular weight excluding hydrogens is 344 g/mol. The van der Waals surface area contributed by atoms with Gasteiger partial charge in [-0.05, 0) is 42.3 Å². The first-order valence-electron chi connectivity index (χ1n) is 7.88. The number of carbonyl (C=O) groups excluding carboxylic acids is 1. The molecule has 0 unspecified atom stereocenters. The second-order valence-corrected chi connectivity index (χ2v) is 8.92.